The van der Waals surface area contributed by atoms with Crippen molar-refractivity contribution in [1.29, 1.82) is 0 Å². The largest absolute Gasteiger partial charge is 0.440 e. The van der Waals surface area contributed by atoms with Gasteiger partial charge in [0.1, 0.15) is 5.76 Å². The summed E-state index contributed by atoms with van der Waals surface area (Å²) < 4.78 is 43.5. The maximum atomic E-state index is 12.6. The van der Waals surface area contributed by atoms with Crippen LogP contribution in [0, 0.1) is 13.0 Å². The van der Waals surface area contributed by atoms with Crippen molar-refractivity contribution in [3.63, 3.8) is 0 Å². The molecular formula is C18H13F3NOS. The number of aromatic nitrogens is 1. The molecule has 6 heteroatoms. The fourth-order valence-corrected chi connectivity index (χ4v) is 2.99. The lowest BCUT2D eigenvalue weighted by atomic mass is 10.1. The minimum absolute atomic E-state index is 0.330. The lowest BCUT2D eigenvalue weighted by Crippen LogP contribution is -2.03. The third-order valence-corrected chi connectivity index (χ3v) is 4.39. The number of benzene rings is 2. The van der Waals surface area contributed by atoms with Gasteiger partial charge in [-0.25, -0.2) is 4.98 Å². The van der Waals surface area contributed by atoms with Crippen molar-refractivity contribution in [2.45, 2.75) is 23.7 Å². The van der Waals surface area contributed by atoms with Gasteiger partial charge in [-0.2, -0.15) is 13.2 Å². The Hall–Kier alpha value is -2.21. The zero-order chi connectivity index (χ0) is 17.2. The monoisotopic (exact) mass is 348 g/mol. The number of nitrogens with zero attached hydrogens (tertiary/aromatic N) is 1. The molecule has 0 bridgehead atoms. The van der Waals surface area contributed by atoms with Gasteiger partial charge in [0.15, 0.2) is 0 Å². The molecule has 0 atom stereocenters. The van der Waals surface area contributed by atoms with Gasteiger partial charge in [0.05, 0.1) is 17.0 Å². The lowest BCUT2D eigenvalue weighted by molar-refractivity contribution is -0.137. The maximum Gasteiger partial charge on any atom is 0.416 e. The standard InChI is InChI=1S/C18H13F3NOS/c1-12-16(11-24-15-5-3-2-4-6-15)23-17(22-12)13-7-9-14(10-8-13)18(19,20)21/h2-3,5-10H,11H2,1H3. The van der Waals surface area contributed by atoms with Crippen molar-refractivity contribution in [2.24, 2.45) is 0 Å². The van der Waals surface area contributed by atoms with Crippen molar-refractivity contribution in [2.75, 3.05) is 0 Å². The minimum atomic E-state index is -4.35. The van der Waals surface area contributed by atoms with Gasteiger partial charge in [-0.3, -0.25) is 0 Å². The summed E-state index contributed by atoms with van der Waals surface area (Å²) >= 11 is 1.59. The second kappa shape index (κ2) is 6.73. The van der Waals surface area contributed by atoms with Gasteiger partial charge in [0.25, 0.3) is 0 Å². The molecule has 1 aromatic heterocycles. The average molecular weight is 348 g/mol. The normalized spacial score (nSPS) is 11.7. The Morgan fingerprint density at radius 3 is 2.54 bits per heavy atom. The highest BCUT2D eigenvalue weighted by atomic mass is 32.2. The highest BCUT2D eigenvalue weighted by molar-refractivity contribution is 7.98. The smallest absolute Gasteiger partial charge is 0.416 e. The number of rotatable bonds is 4. The Kier molecular flexibility index (Phi) is 4.66. The molecule has 0 unspecified atom stereocenters. The second-order valence-corrected chi connectivity index (χ2v) is 6.18. The Morgan fingerprint density at radius 1 is 1.17 bits per heavy atom. The average Bonchev–Trinajstić information content (AvgIpc) is 2.94. The van der Waals surface area contributed by atoms with Crippen LogP contribution < -0.4 is 0 Å². The van der Waals surface area contributed by atoms with E-state index >= 15 is 0 Å². The van der Waals surface area contributed by atoms with Crippen LogP contribution in [-0.4, -0.2) is 4.98 Å². The van der Waals surface area contributed by atoms with E-state index < -0.39 is 11.7 Å². The van der Waals surface area contributed by atoms with Crippen LogP contribution >= 0.6 is 11.8 Å². The number of hydrogen-bond acceptors (Lipinski definition) is 3. The summed E-state index contributed by atoms with van der Waals surface area (Å²) in [5.74, 6) is 1.63. The van der Waals surface area contributed by atoms with Gasteiger partial charge >= 0.3 is 6.18 Å². The Balaban J connectivity index is 1.76. The van der Waals surface area contributed by atoms with Crippen LogP contribution in [0.25, 0.3) is 11.5 Å². The molecule has 0 aliphatic heterocycles. The van der Waals surface area contributed by atoms with E-state index in [2.05, 4.69) is 11.1 Å². The van der Waals surface area contributed by atoms with E-state index in [1.807, 2.05) is 31.2 Å². The Labute approximate surface area is 141 Å². The minimum Gasteiger partial charge on any atom is -0.440 e. The Bertz CT molecular complexity index is 811. The number of aryl methyl sites for hydroxylation is 1. The van der Waals surface area contributed by atoms with Crippen LogP contribution in [0.1, 0.15) is 17.0 Å². The summed E-state index contributed by atoms with van der Waals surface area (Å²) in [6.45, 7) is 1.82. The van der Waals surface area contributed by atoms with Gasteiger partial charge in [-0.05, 0) is 49.4 Å². The molecule has 123 valence electrons. The molecule has 0 fully saturated rings. The van der Waals surface area contributed by atoms with E-state index in [0.29, 0.717) is 23.0 Å². The molecule has 0 aliphatic rings. The van der Waals surface area contributed by atoms with Gasteiger partial charge in [-0.1, -0.05) is 12.1 Å². The van der Waals surface area contributed by atoms with Crippen LogP contribution in [-0.2, 0) is 11.9 Å². The molecule has 0 spiro atoms. The van der Waals surface area contributed by atoms with Crippen LogP contribution in [0.4, 0.5) is 13.2 Å². The van der Waals surface area contributed by atoms with Crippen LogP contribution in [0.2, 0.25) is 0 Å². The van der Waals surface area contributed by atoms with Crippen LogP contribution in [0.5, 0.6) is 0 Å². The molecule has 24 heavy (non-hydrogen) atoms. The number of thioether (sulfide) groups is 1. The number of oxazole rings is 1. The first-order valence-corrected chi connectivity index (χ1v) is 8.15. The summed E-state index contributed by atoms with van der Waals surface area (Å²) in [4.78, 5) is 5.38. The van der Waals surface area contributed by atoms with Crippen LogP contribution in [0.15, 0.2) is 57.8 Å². The first-order valence-electron chi connectivity index (χ1n) is 7.16. The van der Waals surface area contributed by atoms with E-state index in [1.165, 1.54) is 12.1 Å². The maximum absolute atomic E-state index is 12.6. The molecule has 1 radical (unpaired) electrons. The van der Waals surface area contributed by atoms with E-state index in [9.17, 15) is 13.2 Å². The zero-order valence-corrected chi connectivity index (χ0v) is 13.5. The third-order valence-electron chi connectivity index (χ3n) is 3.40. The fourth-order valence-electron chi connectivity index (χ4n) is 2.10. The van der Waals surface area contributed by atoms with Gasteiger partial charge in [0.2, 0.25) is 5.89 Å². The summed E-state index contributed by atoms with van der Waals surface area (Å²) in [6, 6.07) is 15.4. The van der Waals surface area contributed by atoms with Gasteiger partial charge < -0.3 is 4.42 Å². The van der Waals surface area contributed by atoms with Crippen LogP contribution in [0.3, 0.4) is 0 Å². The predicted octanol–water partition coefficient (Wildman–Crippen LogP) is 5.76. The Morgan fingerprint density at radius 2 is 1.92 bits per heavy atom. The SMILES string of the molecule is Cc1nc(-c2ccc(C(F)(F)F)cc2)oc1CSc1c[c]ccc1. The molecule has 0 N–H and O–H groups in total. The number of hydrogen-bond donors (Lipinski definition) is 0. The van der Waals surface area contributed by atoms with Crippen molar-refractivity contribution < 1.29 is 17.6 Å². The summed E-state index contributed by atoms with van der Waals surface area (Å²) in [6.07, 6.45) is -4.35. The summed E-state index contributed by atoms with van der Waals surface area (Å²) in [5.41, 5.74) is 0.568. The van der Waals surface area contributed by atoms with Gasteiger partial charge in [0, 0.05) is 10.5 Å². The molecule has 0 saturated heterocycles. The molecule has 0 aliphatic carbocycles. The van der Waals surface area contributed by atoms with E-state index in [4.69, 9.17) is 4.42 Å². The predicted molar refractivity (Wildman–Crippen MR) is 86.5 cm³/mol. The fraction of sp³-hybridized carbons (Fsp3) is 0.167. The highest BCUT2D eigenvalue weighted by Gasteiger charge is 2.30. The summed E-state index contributed by atoms with van der Waals surface area (Å²) in [7, 11) is 0. The zero-order valence-electron chi connectivity index (χ0n) is 12.7. The van der Waals surface area contributed by atoms with Gasteiger partial charge in [-0.15, -0.1) is 11.8 Å². The highest BCUT2D eigenvalue weighted by Crippen LogP contribution is 2.32. The van der Waals surface area contributed by atoms with E-state index in [0.717, 1.165) is 22.7 Å². The molecule has 0 saturated carbocycles. The molecule has 2 aromatic carbocycles. The molecule has 3 aromatic rings. The topological polar surface area (TPSA) is 26.0 Å². The van der Waals surface area contributed by atoms with E-state index in [-0.39, 0.29) is 0 Å². The third kappa shape index (κ3) is 3.82. The molecule has 2 nitrogen and oxygen atoms in total. The second-order valence-electron chi connectivity index (χ2n) is 5.13. The summed E-state index contributed by atoms with van der Waals surface area (Å²) in [5, 5.41) is 0. The van der Waals surface area contributed by atoms with E-state index in [1.54, 1.807) is 11.8 Å². The van der Waals surface area contributed by atoms with Crippen molar-refractivity contribution >= 4 is 11.8 Å². The molecule has 3 rings (SSSR count). The van der Waals surface area contributed by atoms with Crippen molar-refractivity contribution in [1.82, 2.24) is 4.98 Å². The quantitative estimate of drug-likeness (QED) is 0.561. The first-order chi connectivity index (χ1) is 11.4. The molecular weight excluding hydrogens is 335 g/mol. The lowest BCUT2D eigenvalue weighted by Gasteiger charge is -2.06. The number of alkyl halides is 3. The number of halogens is 3. The van der Waals surface area contributed by atoms with Crippen molar-refractivity contribution in [3.8, 4) is 11.5 Å². The first kappa shape index (κ1) is 16.6. The van der Waals surface area contributed by atoms with Crippen molar-refractivity contribution in [3.05, 3.63) is 71.6 Å². The molecule has 1 heterocycles. The molecule has 0 amide bonds.